The highest BCUT2D eigenvalue weighted by Gasteiger charge is 2.37. The Morgan fingerprint density at radius 1 is 1.15 bits per heavy atom. The molecule has 3 amide bonds. The molecule has 208 valence electrons. The van der Waals surface area contributed by atoms with Crippen LogP contribution in [0.4, 0.5) is 5.69 Å². The number of methoxy groups -OCH3 is 3. The highest BCUT2D eigenvalue weighted by atomic mass is 32.1. The smallest absolute Gasteiger partial charge is 0.270 e. The SMILES string of the molecule is COc1cc([C@H](C(=O)NC2CCCC2)N(Cc2ccco2)C(=O)c2snc(C(N)=O)c2N)cc(OC)c1OC. The minimum atomic E-state index is -1.17. The fraction of sp³-hybridized carbons (Fsp3) is 0.385. The van der Waals surface area contributed by atoms with Crippen molar-refractivity contribution >= 4 is 34.9 Å². The normalized spacial score (nSPS) is 14.0. The molecule has 1 aliphatic rings. The van der Waals surface area contributed by atoms with Gasteiger partial charge in [0.15, 0.2) is 17.2 Å². The van der Waals surface area contributed by atoms with Gasteiger partial charge in [-0.15, -0.1) is 0 Å². The van der Waals surface area contributed by atoms with Gasteiger partial charge in [-0.1, -0.05) is 12.8 Å². The number of nitrogens with one attached hydrogen (secondary N) is 1. The van der Waals surface area contributed by atoms with Gasteiger partial charge in [-0.25, -0.2) is 0 Å². The molecule has 13 heteroatoms. The molecule has 1 aromatic carbocycles. The Hall–Kier alpha value is -4.26. The number of nitrogen functional groups attached to an aromatic ring is 1. The summed E-state index contributed by atoms with van der Waals surface area (Å²) < 4.78 is 26.0. The van der Waals surface area contributed by atoms with E-state index < -0.39 is 23.8 Å². The molecule has 0 bridgehead atoms. The number of hydrogen-bond acceptors (Lipinski definition) is 10. The Balaban J connectivity index is 1.87. The zero-order valence-electron chi connectivity index (χ0n) is 21.9. The first kappa shape index (κ1) is 27.8. The van der Waals surface area contributed by atoms with Crippen LogP contribution >= 0.6 is 11.5 Å². The zero-order chi connectivity index (χ0) is 28.1. The molecule has 1 aliphatic carbocycles. The Bertz CT molecular complexity index is 1310. The Labute approximate surface area is 229 Å². The molecule has 0 aliphatic heterocycles. The summed E-state index contributed by atoms with van der Waals surface area (Å²) in [5.41, 5.74) is 11.5. The average molecular weight is 558 g/mol. The van der Waals surface area contributed by atoms with E-state index in [9.17, 15) is 14.4 Å². The second-order valence-corrected chi connectivity index (χ2v) is 9.78. The van der Waals surface area contributed by atoms with E-state index in [4.69, 9.17) is 30.1 Å². The molecule has 0 saturated heterocycles. The van der Waals surface area contributed by atoms with Crippen molar-refractivity contribution in [2.45, 2.75) is 44.3 Å². The van der Waals surface area contributed by atoms with Crippen LogP contribution in [-0.2, 0) is 11.3 Å². The quantitative estimate of drug-likeness (QED) is 0.320. The number of anilines is 1. The number of hydrogen-bond donors (Lipinski definition) is 3. The van der Waals surface area contributed by atoms with Crippen molar-refractivity contribution < 1.29 is 33.0 Å². The van der Waals surface area contributed by atoms with Gasteiger partial charge in [0.2, 0.25) is 11.7 Å². The van der Waals surface area contributed by atoms with E-state index in [1.54, 1.807) is 24.3 Å². The van der Waals surface area contributed by atoms with Crippen molar-refractivity contribution in [1.29, 1.82) is 0 Å². The number of aromatic nitrogens is 1. The zero-order valence-corrected chi connectivity index (χ0v) is 22.7. The predicted octanol–water partition coefficient (Wildman–Crippen LogP) is 2.89. The van der Waals surface area contributed by atoms with Crippen molar-refractivity contribution in [3.8, 4) is 17.2 Å². The number of furan rings is 1. The van der Waals surface area contributed by atoms with E-state index in [0.717, 1.165) is 37.2 Å². The lowest BCUT2D eigenvalue weighted by atomic mass is 10.0. The first-order valence-corrected chi connectivity index (χ1v) is 13.0. The molecule has 1 saturated carbocycles. The van der Waals surface area contributed by atoms with E-state index in [2.05, 4.69) is 9.69 Å². The van der Waals surface area contributed by atoms with Crippen LogP contribution in [0.25, 0.3) is 0 Å². The van der Waals surface area contributed by atoms with Crippen LogP contribution in [-0.4, -0.2) is 54.4 Å². The number of benzene rings is 1. The lowest BCUT2D eigenvalue weighted by molar-refractivity contribution is -0.126. The first-order valence-electron chi connectivity index (χ1n) is 12.3. The highest BCUT2D eigenvalue weighted by Crippen LogP contribution is 2.42. The second kappa shape index (κ2) is 12.1. The van der Waals surface area contributed by atoms with Gasteiger partial charge in [0.05, 0.1) is 39.8 Å². The fourth-order valence-corrected chi connectivity index (χ4v) is 5.45. The average Bonchev–Trinajstić information content (AvgIpc) is 3.70. The van der Waals surface area contributed by atoms with Crippen LogP contribution in [0.1, 0.15) is 63.2 Å². The minimum Gasteiger partial charge on any atom is -0.493 e. The van der Waals surface area contributed by atoms with Gasteiger partial charge in [0, 0.05) is 6.04 Å². The lowest BCUT2D eigenvalue weighted by Gasteiger charge is -2.32. The molecule has 1 fully saturated rings. The van der Waals surface area contributed by atoms with E-state index in [0.29, 0.717) is 28.6 Å². The highest BCUT2D eigenvalue weighted by molar-refractivity contribution is 7.09. The first-order chi connectivity index (χ1) is 18.8. The molecule has 2 heterocycles. The molecule has 0 unspecified atom stereocenters. The van der Waals surface area contributed by atoms with Gasteiger partial charge in [0.1, 0.15) is 16.7 Å². The number of rotatable bonds is 11. The van der Waals surface area contributed by atoms with Crippen molar-refractivity contribution in [2.75, 3.05) is 27.1 Å². The summed E-state index contributed by atoms with van der Waals surface area (Å²) in [6.07, 6.45) is 5.15. The third-order valence-electron chi connectivity index (χ3n) is 6.59. The van der Waals surface area contributed by atoms with E-state index in [1.165, 1.54) is 32.5 Å². The molecule has 2 aromatic heterocycles. The van der Waals surface area contributed by atoms with E-state index >= 15 is 0 Å². The number of primary amides is 1. The van der Waals surface area contributed by atoms with Crippen LogP contribution in [0.3, 0.4) is 0 Å². The van der Waals surface area contributed by atoms with Crippen molar-refractivity contribution in [3.05, 3.63) is 52.4 Å². The van der Waals surface area contributed by atoms with Gasteiger partial charge in [0.25, 0.3) is 11.8 Å². The molecule has 12 nitrogen and oxygen atoms in total. The van der Waals surface area contributed by atoms with Crippen LogP contribution in [0.15, 0.2) is 34.9 Å². The molecule has 3 aromatic rings. The third-order valence-corrected chi connectivity index (χ3v) is 7.44. The molecule has 4 rings (SSSR count). The molecular weight excluding hydrogens is 526 g/mol. The molecule has 0 radical (unpaired) electrons. The summed E-state index contributed by atoms with van der Waals surface area (Å²) in [6, 6.07) is 5.40. The monoisotopic (exact) mass is 557 g/mol. The lowest BCUT2D eigenvalue weighted by Crippen LogP contribution is -2.45. The van der Waals surface area contributed by atoms with Gasteiger partial charge < -0.3 is 40.3 Å². The van der Waals surface area contributed by atoms with Gasteiger partial charge >= 0.3 is 0 Å². The summed E-state index contributed by atoms with van der Waals surface area (Å²) in [6.45, 7) is -0.0888. The second-order valence-electron chi connectivity index (χ2n) is 9.00. The number of carbonyl (C=O) groups is 3. The van der Waals surface area contributed by atoms with Crippen LogP contribution < -0.4 is 31.0 Å². The summed E-state index contributed by atoms with van der Waals surface area (Å²) in [5.74, 6) is -0.523. The van der Waals surface area contributed by atoms with E-state index in [1.807, 2.05) is 0 Å². The number of carbonyl (C=O) groups excluding carboxylic acids is 3. The summed E-state index contributed by atoms with van der Waals surface area (Å²) in [7, 11) is 4.40. The largest absolute Gasteiger partial charge is 0.493 e. The van der Waals surface area contributed by atoms with E-state index in [-0.39, 0.29) is 28.8 Å². The van der Waals surface area contributed by atoms with Gasteiger partial charge in [-0.05, 0) is 54.2 Å². The fourth-order valence-electron chi connectivity index (χ4n) is 4.69. The van der Waals surface area contributed by atoms with Gasteiger partial charge in [-0.2, -0.15) is 4.37 Å². The molecule has 0 spiro atoms. The van der Waals surface area contributed by atoms with Gasteiger partial charge in [-0.3, -0.25) is 14.4 Å². The summed E-state index contributed by atoms with van der Waals surface area (Å²) in [5, 5.41) is 3.09. The van der Waals surface area contributed by atoms with Crippen molar-refractivity contribution in [2.24, 2.45) is 5.73 Å². The molecule has 1 atom stereocenters. The third kappa shape index (κ3) is 5.77. The molecule has 5 N–H and O–H groups in total. The van der Waals surface area contributed by atoms with Crippen LogP contribution in [0.5, 0.6) is 17.2 Å². The maximum absolute atomic E-state index is 14.1. The Kier molecular flexibility index (Phi) is 8.59. The topological polar surface area (TPSA) is 172 Å². The maximum atomic E-state index is 14.1. The Morgan fingerprint density at radius 2 is 1.82 bits per heavy atom. The number of amides is 3. The Morgan fingerprint density at radius 3 is 2.33 bits per heavy atom. The minimum absolute atomic E-state index is 0.0264. The summed E-state index contributed by atoms with van der Waals surface area (Å²) >= 11 is 0.733. The van der Waals surface area contributed by atoms with Crippen LogP contribution in [0, 0.1) is 0 Å². The summed E-state index contributed by atoms with van der Waals surface area (Å²) in [4.78, 5) is 41.1. The molecular formula is C26H31N5O7S. The van der Waals surface area contributed by atoms with Crippen molar-refractivity contribution in [3.63, 3.8) is 0 Å². The predicted molar refractivity (Wildman–Crippen MR) is 143 cm³/mol. The van der Waals surface area contributed by atoms with Crippen molar-refractivity contribution in [1.82, 2.24) is 14.6 Å². The molecule has 39 heavy (non-hydrogen) atoms. The number of nitrogens with zero attached hydrogens (tertiary/aromatic N) is 2. The maximum Gasteiger partial charge on any atom is 0.270 e. The number of ether oxygens (including phenoxy) is 3. The standard InChI is InChI=1S/C26H31N5O7S/c1-35-17-11-14(12-18(36-2)22(17)37-3)21(25(33)29-15-7-4-5-8-15)31(13-16-9-6-10-38-16)26(34)23-19(27)20(24(28)32)30-39-23/h6,9-12,15,21H,4-5,7-8,13,27H2,1-3H3,(H2,28,32)(H,29,33)/t21-/m1/s1. The van der Waals surface area contributed by atoms with Crippen LogP contribution in [0.2, 0.25) is 0 Å². The number of nitrogens with two attached hydrogens (primary N) is 2.